The largest absolute Gasteiger partial charge is 0.480 e. The first-order valence-electron chi connectivity index (χ1n) is 4.33. The van der Waals surface area contributed by atoms with Crippen LogP contribution in [0.1, 0.15) is 0 Å². The summed E-state index contributed by atoms with van der Waals surface area (Å²) >= 11 is 1.43. The highest BCUT2D eigenvalue weighted by molar-refractivity contribution is 7.07. The first-order chi connectivity index (χ1) is 7.33. The summed E-state index contributed by atoms with van der Waals surface area (Å²) in [4.78, 5) is 10.8. The molecular weight excluding hydrogens is 210 g/mol. The molecule has 0 atom stereocenters. The lowest BCUT2D eigenvalue weighted by Gasteiger charge is -1.94. The van der Waals surface area contributed by atoms with Crippen LogP contribution in [0.4, 0.5) is 0 Å². The molecule has 0 aliphatic carbocycles. The van der Waals surface area contributed by atoms with Gasteiger partial charge in [0.2, 0.25) is 0 Å². The summed E-state index contributed by atoms with van der Waals surface area (Å²) in [6.07, 6.45) is 0. The van der Waals surface area contributed by atoms with Gasteiger partial charge >= 0.3 is 0 Å². The Morgan fingerprint density at radius 3 is 3.13 bits per heavy atom. The van der Waals surface area contributed by atoms with Gasteiger partial charge in [-0.25, -0.2) is 4.98 Å². The third-order valence-corrected chi connectivity index (χ3v) is 2.69. The number of nitrogens with zero attached hydrogens (tertiary/aromatic N) is 2. The first-order valence-corrected chi connectivity index (χ1v) is 5.21. The van der Waals surface area contributed by atoms with Gasteiger partial charge in [0.05, 0.1) is 16.7 Å². The zero-order chi connectivity index (χ0) is 10.3. The van der Waals surface area contributed by atoms with Crippen molar-refractivity contribution in [2.45, 2.75) is 0 Å². The van der Waals surface area contributed by atoms with Gasteiger partial charge in [-0.05, 0) is 12.1 Å². The van der Waals surface area contributed by atoms with Crippen molar-refractivity contribution in [1.82, 2.24) is 15.0 Å². The van der Waals surface area contributed by atoms with Gasteiger partial charge < -0.3 is 10.1 Å². The maximum absolute atomic E-state index is 9.19. The second kappa shape index (κ2) is 3.06. The summed E-state index contributed by atoms with van der Waals surface area (Å²) in [5.74, 6) is 0. The number of hydrogen-bond donors (Lipinski definition) is 2. The number of benzene rings is 1. The minimum atomic E-state index is -0.0630. The van der Waals surface area contributed by atoms with Crippen LogP contribution in [0, 0.1) is 5.51 Å². The van der Waals surface area contributed by atoms with Crippen LogP contribution in [-0.2, 0) is 0 Å². The monoisotopic (exact) mass is 216 g/mol. The van der Waals surface area contributed by atoms with E-state index in [0.717, 1.165) is 22.3 Å². The van der Waals surface area contributed by atoms with E-state index >= 15 is 0 Å². The van der Waals surface area contributed by atoms with Gasteiger partial charge in [-0.1, -0.05) is 6.07 Å². The van der Waals surface area contributed by atoms with Gasteiger partial charge in [-0.3, -0.25) is 0 Å². The first kappa shape index (κ1) is 8.43. The quantitative estimate of drug-likeness (QED) is 0.655. The molecule has 0 fully saturated rings. The lowest BCUT2D eigenvalue weighted by atomic mass is 10.1. The molecule has 0 aliphatic heterocycles. The fourth-order valence-electron chi connectivity index (χ4n) is 1.47. The molecule has 1 radical (unpaired) electrons. The molecule has 5 heteroatoms. The van der Waals surface area contributed by atoms with Crippen LogP contribution in [0.25, 0.3) is 22.3 Å². The minimum absolute atomic E-state index is 0.0630. The SMILES string of the molecule is Oc1nc2cc(-c3cs[c]n3)ccc2[nH]1. The van der Waals surface area contributed by atoms with Gasteiger partial charge in [-0.15, -0.1) is 11.3 Å². The van der Waals surface area contributed by atoms with E-state index in [-0.39, 0.29) is 6.01 Å². The smallest absolute Gasteiger partial charge is 0.292 e. The number of H-pyrrole nitrogens is 1. The predicted molar refractivity (Wildman–Crippen MR) is 57.7 cm³/mol. The van der Waals surface area contributed by atoms with Crippen LogP contribution >= 0.6 is 11.3 Å². The van der Waals surface area contributed by atoms with Crippen molar-refractivity contribution >= 4 is 22.4 Å². The Labute approximate surface area is 89.3 Å². The molecule has 2 aromatic heterocycles. The number of hydrogen-bond acceptors (Lipinski definition) is 4. The maximum Gasteiger partial charge on any atom is 0.292 e. The molecule has 0 saturated carbocycles. The lowest BCUT2D eigenvalue weighted by molar-refractivity contribution is 0.438. The van der Waals surface area contributed by atoms with Crippen molar-refractivity contribution in [3.05, 3.63) is 29.1 Å². The third-order valence-electron chi connectivity index (χ3n) is 2.16. The van der Waals surface area contributed by atoms with Crippen molar-refractivity contribution in [2.75, 3.05) is 0 Å². The van der Waals surface area contributed by atoms with E-state index in [4.69, 9.17) is 0 Å². The van der Waals surface area contributed by atoms with Crippen LogP contribution in [0.15, 0.2) is 23.6 Å². The van der Waals surface area contributed by atoms with Gasteiger partial charge in [0, 0.05) is 10.9 Å². The van der Waals surface area contributed by atoms with Crippen LogP contribution in [-0.4, -0.2) is 20.1 Å². The predicted octanol–water partition coefficient (Wildman–Crippen LogP) is 2.19. The van der Waals surface area contributed by atoms with Crippen LogP contribution in [0.3, 0.4) is 0 Å². The standard InChI is InChI=1S/C10H6N3OS/c14-10-12-7-2-1-6(3-8(7)13-10)9-4-15-5-11-9/h1-4H,(H2,12,13,14). The average molecular weight is 216 g/mol. The topological polar surface area (TPSA) is 61.8 Å². The number of imidazole rings is 1. The third kappa shape index (κ3) is 1.37. The zero-order valence-corrected chi connectivity index (χ0v) is 8.38. The van der Waals surface area contributed by atoms with E-state index in [1.807, 2.05) is 23.6 Å². The second-order valence-electron chi connectivity index (χ2n) is 3.12. The van der Waals surface area contributed by atoms with Crippen molar-refractivity contribution < 1.29 is 5.11 Å². The zero-order valence-electron chi connectivity index (χ0n) is 7.56. The lowest BCUT2D eigenvalue weighted by Crippen LogP contribution is -1.77. The number of nitrogens with one attached hydrogen (secondary N) is 1. The average Bonchev–Trinajstić information content (AvgIpc) is 2.82. The fourth-order valence-corrected chi connectivity index (χ4v) is 1.97. The molecular formula is C10H6N3OS. The Bertz CT molecular complexity index is 600. The van der Waals surface area contributed by atoms with E-state index in [2.05, 4.69) is 20.5 Å². The summed E-state index contributed by atoms with van der Waals surface area (Å²) in [5.41, 5.74) is 6.20. The van der Waals surface area contributed by atoms with E-state index in [9.17, 15) is 5.11 Å². The van der Waals surface area contributed by atoms with Crippen LogP contribution in [0.2, 0.25) is 0 Å². The number of fused-ring (bicyclic) bond motifs is 1. The molecule has 3 rings (SSSR count). The van der Waals surface area contributed by atoms with Crippen molar-refractivity contribution in [3.8, 4) is 17.3 Å². The van der Waals surface area contributed by atoms with Gasteiger partial charge in [-0.2, -0.15) is 4.98 Å². The summed E-state index contributed by atoms with van der Waals surface area (Å²) in [6, 6.07) is 5.63. The molecule has 73 valence electrons. The molecule has 0 amide bonds. The summed E-state index contributed by atoms with van der Waals surface area (Å²) in [7, 11) is 0. The molecule has 2 heterocycles. The van der Waals surface area contributed by atoms with Crippen molar-refractivity contribution in [1.29, 1.82) is 0 Å². The molecule has 0 aliphatic rings. The fraction of sp³-hybridized carbons (Fsp3) is 0. The Morgan fingerprint density at radius 1 is 1.40 bits per heavy atom. The minimum Gasteiger partial charge on any atom is -0.480 e. The van der Waals surface area contributed by atoms with E-state index in [0.29, 0.717) is 0 Å². The summed E-state index contributed by atoms with van der Waals surface area (Å²) in [5, 5.41) is 11.1. The molecule has 0 saturated heterocycles. The molecule has 4 nitrogen and oxygen atoms in total. The Hall–Kier alpha value is -1.88. The normalized spacial score (nSPS) is 10.9. The Balaban J connectivity index is 2.21. The Morgan fingerprint density at radius 2 is 2.33 bits per heavy atom. The van der Waals surface area contributed by atoms with E-state index in [1.54, 1.807) is 0 Å². The number of aromatic hydroxyl groups is 1. The Kier molecular flexibility index (Phi) is 1.72. The highest BCUT2D eigenvalue weighted by Gasteiger charge is 2.04. The molecule has 0 spiro atoms. The number of thiazole rings is 1. The molecule has 0 bridgehead atoms. The number of aromatic amines is 1. The number of rotatable bonds is 1. The highest BCUT2D eigenvalue weighted by atomic mass is 32.1. The molecule has 15 heavy (non-hydrogen) atoms. The maximum atomic E-state index is 9.19. The molecule has 1 aromatic carbocycles. The molecule has 3 aromatic rings. The second-order valence-corrected chi connectivity index (χ2v) is 3.77. The van der Waals surface area contributed by atoms with Crippen molar-refractivity contribution in [2.24, 2.45) is 0 Å². The van der Waals surface area contributed by atoms with E-state index < -0.39 is 0 Å². The molecule has 2 N–H and O–H groups in total. The van der Waals surface area contributed by atoms with Gasteiger partial charge in [0.1, 0.15) is 0 Å². The summed E-state index contributed by atoms with van der Waals surface area (Å²) in [6.45, 7) is 0. The highest BCUT2D eigenvalue weighted by Crippen LogP contribution is 2.23. The van der Waals surface area contributed by atoms with E-state index in [1.165, 1.54) is 11.3 Å². The van der Waals surface area contributed by atoms with Crippen LogP contribution in [0.5, 0.6) is 6.01 Å². The summed E-state index contributed by atoms with van der Waals surface area (Å²) < 4.78 is 0. The van der Waals surface area contributed by atoms with Gasteiger partial charge in [0.15, 0.2) is 5.51 Å². The van der Waals surface area contributed by atoms with Gasteiger partial charge in [0.25, 0.3) is 6.01 Å². The van der Waals surface area contributed by atoms with Crippen molar-refractivity contribution in [3.63, 3.8) is 0 Å². The number of aromatic nitrogens is 3. The van der Waals surface area contributed by atoms with Crippen LogP contribution < -0.4 is 0 Å². The molecule has 0 unspecified atom stereocenters.